The van der Waals surface area contributed by atoms with Crippen LogP contribution in [0, 0.1) is 11.8 Å². The molecule has 4 heteroatoms. The molecule has 2 N–H and O–H groups in total. The van der Waals surface area contributed by atoms with Gasteiger partial charge in [-0.05, 0) is 59.4 Å². The van der Waals surface area contributed by atoms with Crippen molar-refractivity contribution in [1.82, 2.24) is 0 Å². The Kier molecular flexibility index (Phi) is 9.49. The molecule has 1 heterocycles. The van der Waals surface area contributed by atoms with Gasteiger partial charge in [-0.15, -0.1) is 0 Å². The highest BCUT2D eigenvalue weighted by Gasteiger charge is 2.29. The average Bonchev–Trinajstić information content (AvgIpc) is 2.96. The van der Waals surface area contributed by atoms with E-state index in [2.05, 4.69) is 56.4 Å². The quantitative estimate of drug-likeness (QED) is 0.263. The van der Waals surface area contributed by atoms with Crippen molar-refractivity contribution in [2.45, 2.75) is 96.3 Å². The fourth-order valence-corrected chi connectivity index (χ4v) is 6.85. The lowest BCUT2D eigenvalue weighted by molar-refractivity contribution is -0.116. The lowest BCUT2D eigenvalue weighted by atomic mass is 9.83. The van der Waals surface area contributed by atoms with Crippen LogP contribution in [0.5, 0.6) is 11.5 Å². The summed E-state index contributed by atoms with van der Waals surface area (Å²) < 4.78 is 6.14. The second-order valence-corrected chi connectivity index (χ2v) is 13.3. The highest BCUT2D eigenvalue weighted by molar-refractivity contribution is 5.93. The van der Waals surface area contributed by atoms with Crippen molar-refractivity contribution in [2.24, 2.45) is 11.8 Å². The number of hydrogen-bond acceptors (Lipinski definition) is 3. The molecule has 41 heavy (non-hydrogen) atoms. The van der Waals surface area contributed by atoms with Crippen LogP contribution in [0.2, 0.25) is 0 Å². The zero-order chi connectivity index (χ0) is 28.8. The van der Waals surface area contributed by atoms with Gasteiger partial charge in [0.2, 0.25) is 5.91 Å². The molecule has 218 valence electrons. The first-order valence-corrected chi connectivity index (χ1v) is 15.7. The van der Waals surface area contributed by atoms with Gasteiger partial charge in [-0.3, -0.25) is 4.79 Å². The van der Waals surface area contributed by atoms with E-state index in [1.165, 1.54) is 50.5 Å². The summed E-state index contributed by atoms with van der Waals surface area (Å²) >= 11 is 0. The van der Waals surface area contributed by atoms with Crippen LogP contribution in [0.4, 0.5) is 5.69 Å². The molecule has 3 aromatic carbocycles. The second kappa shape index (κ2) is 13.2. The Labute approximate surface area is 246 Å². The van der Waals surface area contributed by atoms with Gasteiger partial charge in [0.05, 0.1) is 0 Å². The lowest BCUT2D eigenvalue weighted by Crippen LogP contribution is -2.22. The Morgan fingerprint density at radius 3 is 2.24 bits per heavy atom. The number of hydrogen-bond donors (Lipinski definition) is 2. The van der Waals surface area contributed by atoms with Gasteiger partial charge in [-0.2, -0.15) is 0 Å². The Morgan fingerprint density at radius 1 is 0.951 bits per heavy atom. The van der Waals surface area contributed by atoms with Gasteiger partial charge in [0.25, 0.3) is 0 Å². The SMILES string of the molecule is CC(C)(C)c1ccc(CC(CO)CCCC2CCCCC2)cc1NC(=O)CC1c2ccccc2Oc2ccccc21. The molecule has 0 bridgehead atoms. The fraction of sp³-hybridized carbons (Fsp3) is 0.486. The molecular weight excluding hydrogens is 506 g/mol. The first kappa shape index (κ1) is 29.4. The van der Waals surface area contributed by atoms with E-state index in [0.717, 1.165) is 52.6 Å². The number of para-hydroxylation sites is 2. The first-order chi connectivity index (χ1) is 19.8. The number of aliphatic hydroxyl groups is 1. The summed E-state index contributed by atoms with van der Waals surface area (Å²) in [5.74, 6) is 2.69. The van der Waals surface area contributed by atoms with Crippen molar-refractivity contribution >= 4 is 11.6 Å². The molecule has 0 spiro atoms. The van der Waals surface area contributed by atoms with Gasteiger partial charge < -0.3 is 15.2 Å². The minimum atomic E-state index is -0.116. The van der Waals surface area contributed by atoms with E-state index in [1.54, 1.807) is 0 Å². The molecule has 0 aromatic heterocycles. The highest BCUT2D eigenvalue weighted by atomic mass is 16.5. The maximum Gasteiger partial charge on any atom is 0.225 e. The average molecular weight is 554 g/mol. The second-order valence-electron chi connectivity index (χ2n) is 13.3. The lowest BCUT2D eigenvalue weighted by Gasteiger charge is -2.28. The number of benzene rings is 3. The minimum absolute atomic E-state index is 0.00431. The smallest absolute Gasteiger partial charge is 0.225 e. The third kappa shape index (κ3) is 7.40. The van der Waals surface area contributed by atoms with Gasteiger partial charge in [0.15, 0.2) is 0 Å². The summed E-state index contributed by atoms with van der Waals surface area (Å²) in [6.45, 7) is 6.76. The maximum absolute atomic E-state index is 13.7. The number of amides is 1. The number of aliphatic hydroxyl groups excluding tert-OH is 1. The van der Waals surface area contributed by atoms with Gasteiger partial charge in [-0.25, -0.2) is 0 Å². The van der Waals surface area contributed by atoms with Crippen LogP contribution in [0.25, 0.3) is 0 Å². The summed E-state index contributed by atoms with van der Waals surface area (Å²) in [5.41, 5.74) is 5.16. The fourth-order valence-electron chi connectivity index (χ4n) is 6.85. The molecule has 2 aliphatic rings. The van der Waals surface area contributed by atoms with Gasteiger partial charge in [0, 0.05) is 35.8 Å². The summed E-state index contributed by atoms with van der Waals surface area (Å²) in [4.78, 5) is 13.7. The van der Waals surface area contributed by atoms with Crippen molar-refractivity contribution in [1.29, 1.82) is 0 Å². The van der Waals surface area contributed by atoms with E-state index < -0.39 is 0 Å². The molecule has 1 aliphatic carbocycles. The van der Waals surface area contributed by atoms with E-state index in [1.807, 2.05) is 36.4 Å². The van der Waals surface area contributed by atoms with Crippen molar-refractivity contribution in [3.8, 4) is 11.5 Å². The number of anilines is 1. The molecule has 1 aliphatic heterocycles. The van der Waals surface area contributed by atoms with Crippen LogP contribution in [0.15, 0.2) is 66.7 Å². The molecule has 1 amide bonds. The molecular formula is C37H47NO3. The molecule has 3 aromatic rings. The maximum atomic E-state index is 13.7. The zero-order valence-electron chi connectivity index (χ0n) is 25.1. The topological polar surface area (TPSA) is 58.6 Å². The predicted molar refractivity (Wildman–Crippen MR) is 168 cm³/mol. The van der Waals surface area contributed by atoms with E-state index in [-0.39, 0.29) is 29.8 Å². The molecule has 1 saturated carbocycles. The summed E-state index contributed by atoms with van der Waals surface area (Å²) in [6.07, 6.45) is 11.6. The molecule has 1 atom stereocenters. The first-order valence-electron chi connectivity index (χ1n) is 15.7. The van der Waals surface area contributed by atoms with E-state index in [0.29, 0.717) is 6.42 Å². The molecule has 4 nitrogen and oxygen atoms in total. The monoisotopic (exact) mass is 553 g/mol. The number of fused-ring (bicyclic) bond motifs is 2. The molecule has 0 radical (unpaired) electrons. The van der Waals surface area contributed by atoms with Crippen molar-refractivity contribution in [2.75, 3.05) is 11.9 Å². The van der Waals surface area contributed by atoms with E-state index >= 15 is 0 Å². The molecule has 1 fully saturated rings. The Hall–Kier alpha value is -3.11. The zero-order valence-corrected chi connectivity index (χ0v) is 25.1. The standard InChI is InChI=1S/C37H47NO3/c1-37(2,3)32-21-20-27(22-28(25-39)15-11-14-26-12-5-4-6-13-26)23-33(32)38-36(40)24-31-29-16-7-9-18-34(29)41-35-19-10-8-17-30(31)35/h7-10,16-21,23,26,28,31,39H,4-6,11-15,22,24-25H2,1-3H3,(H,38,40). The largest absolute Gasteiger partial charge is 0.457 e. The van der Waals surface area contributed by atoms with E-state index in [9.17, 15) is 9.90 Å². The number of carbonyl (C=O) groups excluding carboxylic acids is 1. The Morgan fingerprint density at radius 2 is 1.61 bits per heavy atom. The van der Waals surface area contributed by atoms with Crippen molar-refractivity contribution in [3.63, 3.8) is 0 Å². The number of carbonyl (C=O) groups is 1. The normalized spacial score (nSPS) is 16.4. The van der Waals surface area contributed by atoms with Gasteiger partial charge in [0.1, 0.15) is 11.5 Å². The predicted octanol–water partition coefficient (Wildman–Crippen LogP) is 9.15. The molecule has 0 saturated heterocycles. The summed E-state index contributed by atoms with van der Waals surface area (Å²) in [5, 5.41) is 13.5. The number of nitrogens with one attached hydrogen (secondary N) is 1. The third-order valence-corrected chi connectivity index (χ3v) is 9.10. The van der Waals surface area contributed by atoms with Crippen LogP contribution in [0.1, 0.15) is 107 Å². The van der Waals surface area contributed by atoms with Crippen molar-refractivity contribution < 1.29 is 14.6 Å². The van der Waals surface area contributed by atoms with Crippen LogP contribution in [0.3, 0.4) is 0 Å². The minimum Gasteiger partial charge on any atom is -0.457 e. The van der Waals surface area contributed by atoms with Crippen molar-refractivity contribution in [3.05, 3.63) is 89.0 Å². The number of ether oxygens (including phenoxy) is 1. The molecule has 5 rings (SSSR count). The number of rotatable bonds is 10. The third-order valence-electron chi connectivity index (χ3n) is 9.10. The summed E-state index contributed by atoms with van der Waals surface area (Å²) in [6, 6.07) is 22.5. The van der Waals surface area contributed by atoms with E-state index in [4.69, 9.17) is 4.74 Å². The Bertz CT molecular complexity index is 1270. The van der Waals surface area contributed by atoms with Gasteiger partial charge >= 0.3 is 0 Å². The molecule has 1 unspecified atom stereocenters. The summed E-state index contributed by atoms with van der Waals surface area (Å²) in [7, 11) is 0. The van der Waals surface area contributed by atoms with Gasteiger partial charge in [-0.1, -0.05) is 114 Å². The Balaban J connectivity index is 1.30. The highest BCUT2D eigenvalue weighted by Crippen LogP contribution is 2.45. The van der Waals surface area contributed by atoms with Crippen LogP contribution in [-0.4, -0.2) is 17.6 Å². The van der Waals surface area contributed by atoms with Crippen LogP contribution < -0.4 is 10.1 Å². The van der Waals surface area contributed by atoms with Crippen LogP contribution >= 0.6 is 0 Å². The van der Waals surface area contributed by atoms with Crippen LogP contribution in [-0.2, 0) is 16.6 Å².